The number of likely N-dealkylation sites (N-methyl/N-ethyl adjacent to an activating group) is 1. The van der Waals surface area contributed by atoms with Crippen LogP contribution in [0.4, 0.5) is 10.1 Å². The van der Waals surface area contributed by atoms with Gasteiger partial charge in [-0.15, -0.1) is 0 Å². The number of methoxy groups -OCH3 is 1. The van der Waals surface area contributed by atoms with E-state index in [2.05, 4.69) is 4.72 Å². The number of halogens is 1. The van der Waals surface area contributed by atoms with Gasteiger partial charge < -0.3 is 19.5 Å². The minimum absolute atomic E-state index is 0.0660. The summed E-state index contributed by atoms with van der Waals surface area (Å²) in [5, 5.41) is 9.88. The van der Waals surface area contributed by atoms with E-state index in [0.29, 0.717) is 11.3 Å². The number of carbonyl (C=O) groups is 1. The molecule has 4 rings (SSSR count). The van der Waals surface area contributed by atoms with Crippen LogP contribution in [0.5, 0.6) is 11.5 Å². The Bertz CT molecular complexity index is 1680. The number of hydrogen-bond donors (Lipinski definition) is 2. The molecule has 0 saturated heterocycles. The number of carbonyl (C=O) groups excluding carboxylic acids is 1. The second kappa shape index (κ2) is 13.5. The molecule has 44 heavy (non-hydrogen) atoms. The molecule has 0 aliphatic carbocycles. The van der Waals surface area contributed by atoms with E-state index in [0.717, 1.165) is 24.3 Å². The molecule has 3 atom stereocenters. The lowest BCUT2D eigenvalue weighted by atomic mass is 10.0. The molecule has 1 amide bonds. The smallest absolute Gasteiger partial charge is 0.261 e. The van der Waals surface area contributed by atoms with Crippen LogP contribution in [0.1, 0.15) is 19.4 Å². The largest absolute Gasteiger partial charge is 0.497 e. The molecule has 2 N–H and O–H groups in total. The second-order valence-electron chi connectivity index (χ2n) is 10.7. The first-order valence-corrected chi connectivity index (χ1v) is 16.8. The summed E-state index contributed by atoms with van der Waals surface area (Å²) in [6.45, 7) is 3.36. The van der Waals surface area contributed by atoms with Crippen molar-refractivity contribution in [3.05, 3.63) is 78.1 Å². The molecular formula is C30H36FN3O8S2. The van der Waals surface area contributed by atoms with E-state index >= 15 is 0 Å². The van der Waals surface area contributed by atoms with Crippen LogP contribution in [-0.4, -0.2) is 83.1 Å². The number of amides is 1. The predicted molar refractivity (Wildman–Crippen MR) is 162 cm³/mol. The van der Waals surface area contributed by atoms with E-state index < -0.39 is 38.0 Å². The number of nitrogens with zero attached hydrogens (tertiary/aromatic N) is 2. The molecule has 1 aliphatic heterocycles. The Morgan fingerprint density at radius 1 is 1.07 bits per heavy atom. The Kier molecular flexibility index (Phi) is 10.2. The number of nitrogens with one attached hydrogen (secondary N) is 1. The standard InChI is InChI=1S/C30H36FN3O8S2/c1-20-17-34(21(2)19-35)30(36)16-22-15-24(32-43(37,38)26-10-5-23(31)6-11-26)7-14-28(22)42-29(20)18-33(3)44(39,40)27-12-8-25(41-4)9-13-27/h5-15,20-21,29,32,35H,16-19H2,1-4H3/t20-,21-,29-/m1/s1. The minimum Gasteiger partial charge on any atom is -0.497 e. The topological polar surface area (TPSA) is 143 Å². The number of rotatable bonds is 10. The molecule has 14 heteroatoms. The molecular weight excluding hydrogens is 613 g/mol. The van der Waals surface area contributed by atoms with Crippen LogP contribution in [0.3, 0.4) is 0 Å². The zero-order chi connectivity index (χ0) is 32.2. The molecule has 1 aliphatic rings. The van der Waals surface area contributed by atoms with Gasteiger partial charge in [0.15, 0.2) is 0 Å². The van der Waals surface area contributed by atoms with E-state index in [4.69, 9.17) is 9.47 Å². The van der Waals surface area contributed by atoms with Crippen molar-refractivity contribution in [1.82, 2.24) is 9.21 Å². The maximum atomic E-state index is 13.5. The first kappa shape index (κ1) is 33.2. The van der Waals surface area contributed by atoms with Crippen molar-refractivity contribution >= 4 is 31.6 Å². The summed E-state index contributed by atoms with van der Waals surface area (Å²) < 4.78 is 81.1. The number of sulfonamides is 2. The quantitative estimate of drug-likeness (QED) is 0.341. The van der Waals surface area contributed by atoms with Crippen LogP contribution in [0.15, 0.2) is 76.5 Å². The molecule has 0 bridgehead atoms. The molecule has 1 heterocycles. The molecule has 11 nitrogen and oxygen atoms in total. The molecule has 0 fully saturated rings. The minimum atomic E-state index is -4.07. The van der Waals surface area contributed by atoms with Gasteiger partial charge in [-0.25, -0.2) is 21.2 Å². The Hall–Kier alpha value is -3.72. The Labute approximate surface area is 257 Å². The zero-order valence-corrected chi connectivity index (χ0v) is 26.4. The van der Waals surface area contributed by atoms with E-state index in [1.54, 1.807) is 19.1 Å². The van der Waals surface area contributed by atoms with E-state index in [1.807, 2.05) is 6.92 Å². The van der Waals surface area contributed by atoms with Gasteiger partial charge in [-0.2, -0.15) is 4.31 Å². The highest BCUT2D eigenvalue weighted by atomic mass is 32.2. The van der Waals surface area contributed by atoms with Gasteiger partial charge in [-0.05, 0) is 73.7 Å². The number of aliphatic hydroxyl groups is 1. The van der Waals surface area contributed by atoms with Crippen molar-refractivity contribution in [2.24, 2.45) is 5.92 Å². The third-order valence-corrected chi connectivity index (χ3v) is 10.7. The molecule has 3 aromatic rings. The number of ether oxygens (including phenoxy) is 2. The fraction of sp³-hybridized carbons (Fsp3) is 0.367. The van der Waals surface area contributed by atoms with Crippen molar-refractivity contribution in [3.63, 3.8) is 0 Å². The first-order valence-electron chi connectivity index (χ1n) is 13.8. The van der Waals surface area contributed by atoms with Crippen molar-refractivity contribution < 1.29 is 40.6 Å². The summed E-state index contributed by atoms with van der Waals surface area (Å²) in [5.74, 6) is -0.470. The van der Waals surface area contributed by atoms with E-state index in [1.165, 1.54) is 53.7 Å². The number of fused-ring (bicyclic) bond motifs is 1. The zero-order valence-electron chi connectivity index (χ0n) is 24.8. The summed E-state index contributed by atoms with van der Waals surface area (Å²) in [6, 6.07) is 14.3. The SMILES string of the molecule is COc1ccc(S(=O)(=O)N(C)C[C@H]2Oc3ccc(NS(=O)(=O)c4ccc(F)cc4)cc3CC(=O)N([C@H](C)CO)C[C@H]2C)cc1. The molecule has 0 unspecified atom stereocenters. The lowest BCUT2D eigenvalue weighted by Crippen LogP contribution is -2.48. The average Bonchev–Trinajstić information content (AvgIpc) is 3.04. The van der Waals surface area contributed by atoms with Crippen molar-refractivity contribution in [3.8, 4) is 11.5 Å². The summed E-state index contributed by atoms with van der Waals surface area (Å²) in [6.07, 6.45) is -0.890. The third-order valence-electron chi connectivity index (χ3n) is 7.50. The lowest BCUT2D eigenvalue weighted by molar-refractivity contribution is -0.134. The van der Waals surface area contributed by atoms with Gasteiger partial charge in [0, 0.05) is 30.8 Å². The number of aliphatic hydroxyl groups excluding tert-OH is 1. The van der Waals surface area contributed by atoms with Gasteiger partial charge in [0.05, 0.1) is 42.5 Å². The molecule has 238 valence electrons. The second-order valence-corrected chi connectivity index (χ2v) is 14.5. The molecule has 0 aromatic heterocycles. The number of anilines is 1. The predicted octanol–water partition coefficient (Wildman–Crippen LogP) is 3.10. The van der Waals surface area contributed by atoms with Crippen molar-refractivity contribution in [2.75, 3.05) is 38.6 Å². The van der Waals surface area contributed by atoms with Gasteiger partial charge in [0.2, 0.25) is 15.9 Å². The maximum Gasteiger partial charge on any atom is 0.261 e. The van der Waals surface area contributed by atoms with Crippen LogP contribution in [-0.2, 0) is 31.3 Å². The van der Waals surface area contributed by atoms with Gasteiger partial charge in [0.25, 0.3) is 10.0 Å². The third kappa shape index (κ3) is 7.49. The molecule has 3 aromatic carbocycles. The maximum absolute atomic E-state index is 13.5. The summed E-state index contributed by atoms with van der Waals surface area (Å²) in [4.78, 5) is 14.9. The van der Waals surface area contributed by atoms with Crippen LogP contribution < -0.4 is 14.2 Å². The van der Waals surface area contributed by atoms with Gasteiger partial charge >= 0.3 is 0 Å². The van der Waals surface area contributed by atoms with Crippen LogP contribution in [0, 0.1) is 11.7 Å². The summed E-state index contributed by atoms with van der Waals surface area (Å²) >= 11 is 0. The van der Waals surface area contributed by atoms with Crippen LogP contribution in [0.2, 0.25) is 0 Å². The normalized spacial score (nSPS) is 18.4. The Morgan fingerprint density at radius 2 is 1.70 bits per heavy atom. The fourth-order valence-electron chi connectivity index (χ4n) is 4.82. The molecule has 0 spiro atoms. The van der Waals surface area contributed by atoms with Crippen LogP contribution in [0.25, 0.3) is 0 Å². The molecule has 0 saturated carbocycles. The number of hydrogen-bond acceptors (Lipinski definition) is 8. The van der Waals surface area contributed by atoms with E-state index in [9.17, 15) is 31.1 Å². The van der Waals surface area contributed by atoms with Gasteiger partial charge in [-0.1, -0.05) is 6.92 Å². The number of benzene rings is 3. The van der Waals surface area contributed by atoms with E-state index in [-0.39, 0.29) is 59.2 Å². The highest BCUT2D eigenvalue weighted by Gasteiger charge is 2.33. The van der Waals surface area contributed by atoms with Crippen LogP contribution >= 0.6 is 0 Å². The van der Waals surface area contributed by atoms with Gasteiger partial charge in [-0.3, -0.25) is 9.52 Å². The summed E-state index contributed by atoms with van der Waals surface area (Å²) in [7, 11) is -5.07. The monoisotopic (exact) mass is 649 g/mol. The Morgan fingerprint density at radius 3 is 2.32 bits per heavy atom. The highest BCUT2D eigenvalue weighted by molar-refractivity contribution is 7.92. The Balaban J connectivity index is 1.67. The first-order chi connectivity index (χ1) is 20.7. The summed E-state index contributed by atoms with van der Waals surface area (Å²) in [5.41, 5.74) is 0.512. The lowest BCUT2D eigenvalue weighted by Gasteiger charge is -2.33. The van der Waals surface area contributed by atoms with Crippen molar-refractivity contribution in [2.45, 2.75) is 42.2 Å². The average molecular weight is 650 g/mol. The fourth-order valence-corrected chi connectivity index (χ4v) is 7.05. The molecule has 0 radical (unpaired) electrons. The van der Waals surface area contributed by atoms with Crippen molar-refractivity contribution in [1.29, 1.82) is 0 Å². The highest BCUT2D eigenvalue weighted by Crippen LogP contribution is 2.31. The van der Waals surface area contributed by atoms with Gasteiger partial charge in [0.1, 0.15) is 23.4 Å².